The summed E-state index contributed by atoms with van der Waals surface area (Å²) in [5, 5.41) is 9.89. The van der Waals surface area contributed by atoms with Crippen LogP contribution in [0.15, 0.2) is 34.9 Å². The van der Waals surface area contributed by atoms with Crippen molar-refractivity contribution in [3.63, 3.8) is 0 Å². The van der Waals surface area contributed by atoms with Crippen LogP contribution in [0.5, 0.6) is 0 Å². The number of carbonyl (C=O) groups excluding carboxylic acids is 1. The van der Waals surface area contributed by atoms with E-state index in [0.717, 1.165) is 16.7 Å². The highest BCUT2D eigenvalue weighted by Gasteiger charge is 2.09. The van der Waals surface area contributed by atoms with Gasteiger partial charge in [-0.25, -0.2) is 4.68 Å². The molecule has 2 aromatic rings. The number of halogens is 1. The van der Waals surface area contributed by atoms with Crippen LogP contribution in [0.1, 0.15) is 16.1 Å². The van der Waals surface area contributed by atoms with Crippen molar-refractivity contribution in [1.82, 2.24) is 20.4 Å². The maximum atomic E-state index is 11.5. The first kappa shape index (κ1) is 13.8. The third kappa shape index (κ3) is 3.02. The minimum Gasteiger partial charge on any atom is -0.354 e. The molecule has 0 fully saturated rings. The number of hydrogen-bond donors (Lipinski definition) is 2. The van der Waals surface area contributed by atoms with Gasteiger partial charge < -0.3 is 10.6 Å². The van der Waals surface area contributed by atoms with Gasteiger partial charge in [0.05, 0.1) is 5.69 Å². The minimum atomic E-state index is -0.190. The molecular weight excluding hydrogens is 308 g/mol. The molecule has 0 saturated heterocycles. The molecule has 0 aliphatic rings. The molecule has 0 unspecified atom stereocenters. The predicted octanol–water partition coefficient (Wildman–Crippen LogP) is 1.71. The van der Waals surface area contributed by atoms with E-state index < -0.39 is 0 Å². The highest BCUT2D eigenvalue weighted by Crippen LogP contribution is 2.20. The van der Waals surface area contributed by atoms with Crippen molar-refractivity contribution in [2.24, 2.45) is 0 Å². The van der Waals surface area contributed by atoms with Gasteiger partial charge in [0.1, 0.15) is 0 Å². The number of nitrogens with zero attached hydrogens (tertiary/aromatic N) is 2. The summed E-state index contributed by atoms with van der Waals surface area (Å²) < 4.78 is 2.69. The summed E-state index contributed by atoms with van der Waals surface area (Å²) in [5.41, 5.74) is 2.48. The maximum Gasteiger partial charge on any atom is 0.271 e. The van der Waals surface area contributed by atoms with Crippen molar-refractivity contribution in [3.8, 4) is 5.69 Å². The summed E-state index contributed by atoms with van der Waals surface area (Å²) in [6, 6.07) is 7.66. The quantitative estimate of drug-likeness (QED) is 0.901. The lowest BCUT2D eigenvalue weighted by Crippen LogP contribution is -2.18. The fourth-order valence-electron chi connectivity index (χ4n) is 1.73. The zero-order chi connectivity index (χ0) is 13.8. The van der Waals surface area contributed by atoms with E-state index in [-0.39, 0.29) is 5.91 Å². The lowest BCUT2D eigenvalue weighted by molar-refractivity contribution is 0.0957. The molecule has 0 aliphatic carbocycles. The summed E-state index contributed by atoms with van der Waals surface area (Å²) in [6.07, 6.45) is 1.77. The molecule has 1 aromatic carbocycles. The van der Waals surface area contributed by atoms with Crippen molar-refractivity contribution in [1.29, 1.82) is 0 Å². The molecule has 2 rings (SSSR count). The van der Waals surface area contributed by atoms with Gasteiger partial charge >= 0.3 is 0 Å². The molecule has 100 valence electrons. The Morgan fingerprint density at radius 2 is 2.16 bits per heavy atom. The third-order valence-corrected chi connectivity index (χ3v) is 3.46. The van der Waals surface area contributed by atoms with E-state index in [9.17, 15) is 4.79 Å². The molecule has 1 aromatic heterocycles. The van der Waals surface area contributed by atoms with Gasteiger partial charge in [0, 0.05) is 24.3 Å². The fraction of sp³-hybridized carbons (Fsp3) is 0.231. The van der Waals surface area contributed by atoms with E-state index in [1.807, 2.05) is 25.2 Å². The molecule has 1 amide bonds. The van der Waals surface area contributed by atoms with E-state index in [0.29, 0.717) is 5.69 Å². The topological polar surface area (TPSA) is 59.0 Å². The van der Waals surface area contributed by atoms with Gasteiger partial charge in [0.2, 0.25) is 0 Å². The first-order valence-electron chi connectivity index (χ1n) is 5.87. The average Bonchev–Trinajstić information content (AvgIpc) is 2.90. The normalized spacial score (nSPS) is 10.5. The number of benzene rings is 1. The summed E-state index contributed by atoms with van der Waals surface area (Å²) in [6.45, 7) is 0.795. The van der Waals surface area contributed by atoms with Crippen LogP contribution in [0, 0.1) is 0 Å². The molecule has 0 aliphatic heterocycles. The average molecular weight is 323 g/mol. The zero-order valence-electron chi connectivity index (χ0n) is 10.8. The van der Waals surface area contributed by atoms with Gasteiger partial charge in [-0.3, -0.25) is 4.79 Å². The molecule has 19 heavy (non-hydrogen) atoms. The molecule has 0 saturated carbocycles. The Morgan fingerprint density at radius 1 is 1.37 bits per heavy atom. The largest absolute Gasteiger partial charge is 0.354 e. The van der Waals surface area contributed by atoms with E-state index in [1.54, 1.807) is 24.0 Å². The van der Waals surface area contributed by atoms with Crippen LogP contribution in [0.25, 0.3) is 5.69 Å². The van der Waals surface area contributed by atoms with Crippen LogP contribution in [0.2, 0.25) is 0 Å². The van der Waals surface area contributed by atoms with Gasteiger partial charge in [-0.2, -0.15) is 5.10 Å². The minimum absolute atomic E-state index is 0.190. The molecule has 6 heteroatoms. The Balaban J connectivity index is 2.29. The zero-order valence-corrected chi connectivity index (χ0v) is 12.4. The summed E-state index contributed by atoms with van der Waals surface area (Å²) in [5.74, 6) is -0.190. The molecule has 0 spiro atoms. The Morgan fingerprint density at radius 3 is 2.79 bits per heavy atom. The molecular formula is C13H15BrN4O. The van der Waals surface area contributed by atoms with Crippen LogP contribution in [-0.4, -0.2) is 29.8 Å². The predicted molar refractivity (Wildman–Crippen MR) is 77.4 cm³/mol. The second-order valence-electron chi connectivity index (χ2n) is 4.03. The standard InChI is InChI=1S/C13H15BrN4O/c1-15-8-9-3-4-10(7-11(9)14)18-6-5-12(17-18)13(19)16-2/h3-7,15H,8H2,1-2H3,(H,16,19). The summed E-state index contributed by atoms with van der Waals surface area (Å²) >= 11 is 3.53. The third-order valence-electron chi connectivity index (χ3n) is 2.72. The van der Waals surface area contributed by atoms with Crippen LogP contribution in [0.4, 0.5) is 0 Å². The lowest BCUT2D eigenvalue weighted by atomic mass is 10.2. The van der Waals surface area contributed by atoms with Gasteiger partial charge in [-0.05, 0) is 30.8 Å². The Labute approximate surface area is 120 Å². The Bertz CT molecular complexity index is 594. The number of hydrogen-bond acceptors (Lipinski definition) is 3. The van der Waals surface area contributed by atoms with Crippen molar-refractivity contribution < 1.29 is 4.79 Å². The van der Waals surface area contributed by atoms with Gasteiger partial charge in [-0.1, -0.05) is 22.0 Å². The molecule has 2 N–H and O–H groups in total. The highest BCUT2D eigenvalue weighted by molar-refractivity contribution is 9.10. The molecule has 0 bridgehead atoms. The number of carbonyl (C=O) groups is 1. The number of aromatic nitrogens is 2. The van der Waals surface area contributed by atoms with Crippen molar-refractivity contribution in [3.05, 3.63) is 46.2 Å². The van der Waals surface area contributed by atoms with Gasteiger partial charge in [-0.15, -0.1) is 0 Å². The van der Waals surface area contributed by atoms with E-state index in [2.05, 4.69) is 31.7 Å². The number of amides is 1. The SMILES string of the molecule is CNCc1ccc(-n2ccc(C(=O)NC)n2)cc1Br. The van der Waals surface area contributed by atoms with E-state index >= 15 is 0 Å². The van der Waals surface area contributed by atoms with Crippen LogP contribution in [0.3, 0.4) is 0 Å². The second-order valence-corrected chi connectivity index (χ2v) is 4.89. The van der Waals surface area contributed by atoms with Crippen LogP contribution < -0.4 is 10.6 Å². The smallest absolute Gasteiger partial charge is 0.271 e. The van der Waals surface area contributed by atoms with Crippen molar-refractivity contribution in [2.75, 3.05) is 14.1 Å². The first-order chi connectivity index (χ1) is 9.15. The van der Waals surface area contributed by atoms with Crippen molar-refractivity contribution >= 4 is 21.8 Å². The fourth-order valence-corrected chi connectivity index (χ4v) is 2.24. The summed E-state index contributed by atoms with van der Waals surface area (Å²) in [4.78, 5) is 11.5. The first-order valence-corrected chi connectivity index (χ1v) is 6.66. The maximum absolute atomic E-state index is 11.5. The van der Waals surface area contributed by atoms with Crippen LogP contribution >= 0.6 is 15.9 Å². The summed E-state index contributed by atoms with van der Waals surface area (Å²) in [7, 11) is 3.49. The lowest BCUT2D eigenvalue weighted by Gasteiger charge is -2.07. The van der Waals surface area contributed by atoms with Gasteiger partial charge in [0.25, 0.3) is 5.91 Å². The monoisotopic (exact) mass is 322 g/mol. The van der Waals surface area contributed by atoms with Gasteiger partial charge in [0.15, 0.2) is 5.69 Å². The second kappa shape index (κ2) is 5.99. The Hall–Kier alpha value is -1.66. The van der Waals surface area contributed by atoms with Crippen LogP contribution in [-0.2, 0) is 6.54 Å². The highest BCUT2D eigenvalue weighted by atomic mass is 79.9. The Kier molecular flexibility index (Phi) is 4.34. The number of rotatable bonds is 4. The molecule has 1 heterocycles. The van der Waals surface area contributed by atoms with E-state index in [1.165, 1.54) is 5.56 Å². The van der Waals surface area contributed by atoms with E-state index in [4.69, 9.17) is 0 Å². The van der Waals surface area contributed by atoms with Crippen molar-refractivity contribution in [2.45, 2.75) is 6.54 Å². The molecule has 5 nitrogen and oxygen atoms in total. The molecule has 0 radical (unpaired) electrons. The molecule has 0 atom stereocenters. The number of nitrogens with one attached hydrogen (secondary N) is 2.